The summed E-state index contributed by atoms with van der Waals surface area (Å²) in [5.41, 5.74) is 0.277. The molecule has 1 aromatic heterocycles. The van der Waals surface area contributed by atoms with Crippen molar-refractivity contribution in [2.45, 2.75) is 22.5 Å². The molecule has 0 aliphatic carbocycles. The van der Waals surface area contributed by atoms with Crippen molar-refractivity contribution >= 4 is 31.9 Å². The van der Waals surface area contributed by atoms with E-state index in [1.54, 1.807) is 12.1 Å². The van der Waals surface area contributed by atoms with Gasteiger partial charge in [0.1, 0.15) is 10.0 Å². The molecule has 2 heterocycles. The van der Waals surface area contributed by atoms with Crippen LogP contribution < -0.4 is 5.32 Å². The molecule has 0 spiro atoms. The zero-order valence-electron chi connectivity index (χ0n) is 14.6. The average molecular weight is 414 g/mol. The molecule has 7 nitrogen and oxygen atoms in total. The Morgan fingerprint density at radius 2 is 1.93 bits per heavy atom. The summed E-state index contributed by atoms with van der Waals surface area (Å²) in [5, 5.41) is 14.6. The first kappa shape index (κ1) is 19.7. The number of thiophene rings is 1. The van der Waals surface area contributed by atoms with E-state index in [0.717, 1.165) is 29.2 Å². The SMILES string of the molecule is CS(=O)(=O)c1cc([N+](=O)[O-])c(NCC2(c3ccc(F)cc3)CCOCC2)s1. The zero-order chi connectivity index (χ0) is 19.7. The van der Waals surface area contributed by atoms with Crippen LogP contribution in [0.4, 0.5) is 15.1 Å². The topological polar surface area (TPSA) is 98.5 Å². The minimum Gasteiger partial charge on any atom is -0.381 e. The number of hydrogen-bond donors (Lipinski definition) is 1. The van der Waals surface area contributed by atoms with Gasteiger partial charge < -0.3 is 10.1 Å². The van der Waals surface area contributed by atoms with E-state index >= 15 is 0 Å². The van der Waals surface area contributed by atoms with Crippen LogP contribution in [0.25, 0.3) is 0 Å². The zero-order valence-corrected chi connectivity index (χ0v) is 16.2. The Labute approximate surface area is 160 Å². The van der Waals surface area contributed by atoms with Gasteiger partial charge >= 0.3 is 5.69 Å². The Morgan fingerprint density at radius 3 is 2.48 bits per heavy atom. The Morgan fingerprint density at radius 1 is 1.30 bits per heavy atom. The molecule has 0 unspecified atom stereocenters. The number of rotatable bonds is 6. The minimum atomic E-state index is -3.54. The van der Waals surface area contributed by atoms with Gasteiger partial charge in [-0.1, -0.05) is 23.5 Å². The molecule has 1 N–H and O–H groups in total. The quantitative estimate of drug-likeness (QED) is 0.575. The summed E-state index contributed by atoms with van der Waals surface area (Å²) in [6, 6.07) is 7.29. The fraction of sp³-hybridized carbons (Fsp3) is 0.412. The number of anilines is 1. The molecule has 0 radical (unpaired) electrons. The van der Waals surface area contributed by atoms with Crippen LogP contribution in [0.3, 0.4) is 0 Å². The van der Waals surface area contributed by atoms with Crippen molar-refractivity contribution in [3.05, 3.63) is 51.8 Å². The number of benzene rings is 1. The van der Waals surface area contributed by atoms with Crippen molar-refractivity contribution in [1.29, 1.82) is 0 Å². The number of nitrogens with one attached hydrogen (secondary N) is 1. The molecule has 10 heteroatoms. The number of ether oxygens (including phenoxy) is 1. The standard InChI is InChI=1S/C17H19FN2O5S2/c1-27(23,24)15-10-14(20(21)22)16(26-15)19-11-17(6-8-25-9-7-17)12-2-4-13(18)5-3-12/h2-5,10,19H,6-9,11H2,1H3. The first-order chi connectivity index (χ1) is 12.7. The van der Waals surface area contributed by atoms with Crippen LogP contribution in [-0.2, 0) is 20.0 Å². The molecule has 27 heavy (non-hydrogen) atoms. The van der Waals surface area contributed by atoms with Gasteiger partial charge in [-0.05, 0) is 30.5 Å². The van der Waals surface area contributed by atoms with Crippen molar-refractivity contribution in [3.8, 4) is 0 Å². The molecule has 1 fully saturated rings. The highest BCUT2D eigenvalue weighted by Gasteiger charge is 2.35. The lowest BCUT2D eigenvalue weighted by atomic mass is 9.74. The molecule has 1 aromatic carbocycles. The van der Waals surface area contributed by atoms with Crippen LogP contribution in [0, 0.1) is 15.9 Å². The molecule has 1 saturated heterocycles. The van der Waals surface area contributed by atoms with Gasteiger partial charge in [-0.2, -0.15) is 0 Å². The van der Waals surface area contributed by atoms with Crippen LogP contribution in [0.1, 0.15) is 18.4 Å². The number of halogens is 1. The smallest absolute Gasteiger partial charge is 0.304 e. The summed E-state index contributed by atoms with van der Waals surface area (Å²) in [4.78, 5) is 10.7. The van der Waals surface area contributed by atoms with Crippen molar-refractivity contribution in [2.75, 3.05) is 31.3 Å². The van der Waals surface area contributed by atoms with Crippen molar-refractivity contribution in [3.63, 3.8) is 0 Å². The summed E-state index contributed by atoms with van der Waals surface area (Å²) in [5.74, 6) is -0.333. The highest BCUT2D eigenvalue weighted by molar-refractivity contribution is 7.92. The van der Waals surface area contributed by atoms with Crippen LogP contribution in [0.2, 0.25) is 0 Å². The van der Waals surface area contributed by atoms with E-state index < -0.39 is 14.8 Å². The van der Waals surface area contributed by atoms with Gasteiger partial charge in [-0.3, -0.25) is 10.1 Å². The largest absolute Gasteiger partial charge is 0.381 e. The summed E-state index contributed by atoms with van der Waals surface area (Å²) in [6.45, 7) is 1.41. The van der Waals surface area contributed by atoms with E-state index in [0.29, 0.717) is 32.6 Å². The monoisotopic (exact) mass is 414 g/mol. The molecule has 2 aromatic rings. The fourth-order valence-electron chi connectivity index (χ4n) is 3.19. The number of nitrogens with zero attached hydrogens (tertiary/aromatic N) is 1. The molecule has 0 saturated carbocycles. The summed E-state index contributed by atoms with van der Waals surface area (Å²) in [7, 11) is -3.54. The molecule has 0 amide bonds. The Hall–Kier alpha value is -2.04. The van der Waals surface area contributed by atoms with Gasteiger partial charge in [0, 0.05) is 37.5 Å². The molecular weight excluding hydrogens is 395 g/mol. The van der Waals surface area contributed by atoms with Gasteiger partial charge in [0.2, 0.25) is 0 Å². The van der Waals surface area contributed by atoms with E-state index in [1.165, 1.54) is 12.1 Å². The first-order valence-electron chi connectivity index (χ1n) is 8.27. The lowest BCUT2D eigenvalue weighted by molar-refractivity contribution is -0.383. The van der Waals surface area contributed by atoms with Crippen LogP contribution in [-0.4, -0.2) is 39.4 Å². The van der Waals surface area contributed by atoms with Gasteiger partial charge in [0.25, 0.3) is 0 Å². The lowest BCUT2D eigenvalue weighted by Crippen LogP contribution is -2.40. The Kier molecular flexibility index (Phi) is 5.50. The normalized spacial score (nSPS) is 16.8. The van der Waals surface area contributed by atoms with Gasteiger partial charge in [0.15, 0.2) is 14.8 Å². The van der Waals surface area contributed by atoms with Crippen LogP contribution in [0.15, 0.2) is 34.5 Å². The van der Waals surface area contributed by atoms with E-state index in [1.807, 2.05) is 0 Å². The van der Waals surface area contributed by atoms with E-state index in [9.17, 15) is 22.9 Å². The van der Waals surface area contributed by atoms with Crippen molar-refractivity contribution in [1.82, 2.24) is 0 Å². The number of nitro groups is 1. The maximum absolute atomic E-state index is 13.3. The van der Waals surface area contributed by atoms with Gasteiger partial charge in [-0.25, -0.2) is 12.8 Å². The third-order valence-electron chi connectivity index (χ3n) is 4.75. The Balaban J connectivity index is 1.91. The summed E-state index contributed by atoms with van der Waals surface area (Å²) < 4.78 is 42.2. The molecule has 0 bridgehead atoms. The molecular formula is C17H19FN2O5S2. The summed E-state index contributed by atoms with van der Waals surface area (Å²) >= 11 is 0.848. The van der Waals surface area contributed by atoms with Crippen molar-refractivity contribution < 1.29 is 22.5 Å². The summed E-state index contributed by atoms with van der Waals surface area (Å²) in [6.07, 6.45) is 2.36. The second kappa shape index (κ2) is 7.53. The second-order valence-corrected chi connectivity index (χ2v) is 9.86. The highest BCUT2D eigenvalue weighted by Crippen LogP contribution is 2.40. The molecule has 3 rings (SSSR count). The van der Waals surface area contributed by atoms with E-state index in [4.69, 9.17) is 4.74 Å². The average Bonchev–Trinajstić information content (AvgIpc) is 3.06. The maximum atomic E-state index is 13.3. The van der Waals surface area contributed by atoms with Crippen LogP contribution >= 0.6 is 11.3 Å². The number of sulfone groups is 1. The molecule has 1 aliphatic heterocycles. The third kappa shape index (κ3) is 4.28. The number of hydrogen-bond acceptors (Lipinski definition) is 7. The second-order valence-electron chi connectivity index (χ2n) is 6.56. The predicted octanol–water partition coefficient (Wildman–Crippen LogP) is 3.36. The van der Waals surface area contributed by atoms with Gasteiger partial charge in [-0.15, -0.1) is 0 Å². The molecule has 0 atom stereocenters. The third-order valence-corrected chi connectivity index (χ3v) is 7.63. The Bertz CT molecular complexity index is 935. The molecule has 1 aliphatic rings. The fourth-order valence-corrected chi connectivity index (χ4v) is 5.12. The minimum absolute atomic E-state index is 0.0560. The van der Waals surface area contributed by atoms with E-state index in [2.05, 4.69) is 5.32 Å². The predicted molar refractivity (Wildman–Crippen MR) is 101 cm³/mol. The van der Waals surface area contributed by atoms with Gasteiger partial charge in [0.05, 0.1) is 4.92 Å². The molecule has 146 valence electrons. The first-order valence-corrected chi connectivity index (χ1v) is 11.0. The van der Waals surface area contributed by atoms with E-state index in [-0.39, 0.29) is 26.1 Å². The maximum Gasteiger partial charge on any atom is 0.304 e. The lowest BCUT2D eigenvalue weighted by Gasteiger charge is -2.38. The highest BCUT2D eigenvalue weighted by atomic mass is 32.2. The van der Waals surface area contributed by atoms with Crippen molar-refractivity contribution in [2.24, 2.45) is 0 Å². The van der Waals surface area contributed by atoms with Crippen LogP contribution in [0.5, 0.6) is 0 Å².